The molecule has 0 atom stereocenters. The lowest BCUT2D eigenvalue weighted by Crippen LogP contribution is -2.34. The maximum atomic E-state index is 13.3. The van der Waals surface area contributed by atoms with E-state index in [9.17, 15) is 18.8 Å². The van der Waals surface area contributed by atoms with Gasteiger partial charge in [0.2, 0.25) is 11.8 Å². The summed E-state index contributed by atoms with van der Waals surface area (Å²) in [5, 5.41) is 2.81. The van der Waals surface area contributed by atoms with Gasteiger partial charge in [-0.2, -0.15) is 0 Å². The molecule has 0 aromatic heterocycles. The number of nitrogens with one attached hydrogen (secondary N) is 1. The Kier molecular flexibility index (Phi) is 6.03. The topological polar surface area (TPSA) is 69.7 Å². The van der Waals surface area contributed by atoms with Gasteiger partial charge in [0.25, 0.3) is 0 Å². The van der Waals surface area contributed by atoms with E-state index in [1.807, 2.05) is 6.92 Å². The Balaban J connectivity index is 1.60. The highest BCUT2D eigenvalue weighted by Crippen LogP contribution is 2.18. The monoisotopic (exact) mass is 383 g/mol. The number of rotatable bonds is 6. The summed E-state index contributed by atoms with van der Waals surface area (Å²) in [6.07, 6.45) is 0.538. The zero-order valence-electron chi connectivity index (χ0n) is 15.7. The molecule has 3 rings (SSSR count). The molecule has 0 radical (unpaired) electrons. The Labute approximate surface area is 162 Å². The van der Waals surface area contributed by atoms with Gasteiger partial charge in [-0.25, -0.2) is 9.18 Å². The minimum atomic E-state index is -0.334. The molecule has 1 fully saturated rings. The van der Waals surface area contributed by atoms with Crippen LogP contribution in [0.1, 0.15) is 30.9 Å². The predicted molar refractivity (Wildman–Crippen MR) is 103 cm³/mol. The fourth-order valence-corrected chi connectivity index (χ4v) is 3.06. The van der Waals surface area contributed by atoms with Gasteiger partial charge in [0, 0.05) is 31.6 Å². The van der Waals surface area contributed by atoms with Crippen LogP contribution in [-0.2, 0) is 22.7 Å². The minimum absolute atomic E-state index is 0.154. The summed E-state index contributed by atoms with van der Waals surface area (Å²) in [6, 6.07) is 12.9. The molecule has 6 nitrogen and oxygen atoms in total. The highest BCUT2D eigenvalue weighted by atomic mass is 19.1. The third-order valence-electron chi connectivity index (χ3n) is 4.63. The van der Waals surface area contributed by atoms with E-state index in [0.717, 1.165) is 5.56 Å². The van der Waals surface area contributed by atoms with Crippen LogP contribution in [0.3, 0.4) is 0 Å². The Bertz CT molecular complexity index is 867. The summed E-state index contributed by atoms with van der Waals surface area (Å²) in [4.78, 5) is 38.7. The van der Waals surface area contributed by atoms with E-state index in [0.29, 0.717) is 24.3 Å². The van der Waals surface area contributed by atoms with Gasteiger partial charge in [-0.05, 0) is 42.3 Å². The fraction of sp³-hybridized carbons (Fsp3) is 0.286. The third kappa shape index (κ3) is 4.73. The van der Waals surface area contributed by atoms with Crippen molar-refractivity contribution in [2.75, 3.05) is 11.9 Å². The summed E-state index contributed by atoms with van der Waals surface area (Å²) < 4.78 is 13.3. The molecule has 2 aromatic rings. The standard InChI is InChI=1S/C21H22FN3O3/c1-2-24(13-16-4-3-5-17(22)12-16)21(28)23-18-8-6-15(7-9-18)14-25-19(26)10-11-20(25)27/h3-9,12H,2,10-11,13-14H2,1H3,(H,23,28). The van der Waals surface area contributed by atoms with Crippen molar-refractivity contribution in [3.63, 3.8) is 0 Å². The molecule has 28 heavy (non-hydrogen) atoms. The lowest BCUT2D eigenvalue weighted by Gasteiger charge is -2.22. The number of carbonyl (C=O) groups is 3. The number of benzene rings is 2. The Morgan fingerprint density at radius 1 is 1.07 bits per heavy atom. The first kappa shape index (κ1) is 19.5. The summed E-state index contributed by atoms with van der Waals surface area (Å²) in [5.41, 5.74) is 2.13. The predicted octanol–water partition coefficient (Wildman–Crippen LogP) is 3.53. The smallest absolute Gasteiger partial charge is 0.320 e. The molecule has 0 spiro atoms. The lowest BCUT2D eigenvalue weighted by molar-refractivity contribution is -0.139. The number of carbonyl (C=O) groups excluding carboxylic acids is 3. The summed E-state index contributed by atoms with van der Waals surface area (Å²) in [7, 11) is 0. The van der Waals surface area contributed by atoms with Crippen LogP contribution < -0.4 is 5.32 Å². The molecule has 0 bridgehead atoms. The van der Waals surface area contributed by atoms with Crippen LogP contribution in [0.4, 0.5) is 14.9 Å². The highest BCUT2D eigenvalue weighted by molar-refractivity contribution is 6.01. The molecular weight excluding hydrogens is 361 g/mol. The molecule has 7 heteroatoms. The normalized spacial score (nSPS) is 13.7. The van der Waals surface area contributed by atoms with E-state index in [1.54, 1.807) is 41.3 Å². The summed E-state index contributed by atoms with van der Waals surface area (Å²) in [6.45, 7) is 2.87. The van der Waals surface area contributed by atoms with Gasteiger partial charge in [0.05, 0.1) is 6.54 Å². The second kappa shape index (κ2) is 8.65. The van der Waals surface area contributed by atoms with E-state index in [1.165, 1.54) is 17.0 Å². The van der Waals surface area contributed by atoms with Crippen molar-refractivity contribution in [2.24, 2.45) is 0 Å². The van der Waals surface area contributed by atoms with Crippen molar-refractivity contribution in [3.05, 3.63) is 65.5 Å². The average Bonchev–Trinajstić information content (AvgIpc) is 2.99. The molecule has 1 aliphatic rings. The number of halogens is 1. The number of nitrogens with zero attached hydrogens (tertiary/aromatic N) is 2. The van der Waals surface area contributed by atoms with Crippen molar-refractivity contribution >= 4 is 23.5 Å². The maximum Gasteiger partial charge on any atom is 0.322 e. The molecule has 1 saturated heterocycles. The lowest BCUT2D eigenvalue weighted by atomic mass is 10.2. The summed E-state index contributed by atoms with van der Waals surface area (Å²) >= 11 is 0. The number of anilines is 1. The second-order valence-corrected chi connectivity index (χ2v) is 6.64. The van der Waals surface area contributed by atoms with Crippen LogP contribution in [0.5, 0.6) is 0 Å². The van der Waals surface area contributed by atoms with Gasteiger partial charge in [-0.1, -0.05) is 24.3 Å². The number of amides is 4. The van der Waals surface area contributed by atoms with Crippen LogP contribution in [0.15, 0.2) is 48.5 Å². The number of hydrogen-bond donors (Lipinski definition) is 1. The molecule has 1 aliphatic heterocycles. The van der Waals surface area contributed by atoms with E-state index < -0.39 is 0 Å². The quantitative estimate of drug-likeness (QED) is 0.776. The average molecular weight is 383 g/mol. The Morgan fingerprint density at radius 2 is 1.75 bits per heavy atom. The first-order valence-electron chi connectivity index (χ1n) is 9.18. The van der Waals surface area contributed by atoms with Crippen molar-refractivity contribution < 1.29 is 18.8 Å². The van der Waals surface area contributed by atoms with Crippen molar-refractivity contribution in [1.82, 2.24) is 9.80 Å². The first-order chi connectivity index (χ1) is 13.5. The molecule has 0 aliphatic carbocycles. The molecule has 1 heterocycles. The highest BCUT2D eigenvalue weighted by Gasteiger charge is 2.28. The van der Waals surface area contributed by atoms with Crippen molar-refractivity contribution in [1.29, 1.82) is 0 Å². The van der Waals surface area contributed by atoms with E-state index >= 15 is 0 Å². The molecule has 146 valence electrons. The van der Waals surface area contributed by atoms with Gasteiger partial charge in [0.1, 0.15) is 5.82 Å². The SMILES string of the molecule is CCN(Cc1cccc(F)c1)C(=O)Nc1ccc(CN2C(=O)CCC2=O)cc1. The fourth-order valence-electron chi connectivity index (χ4n) is 3.06. The minimum Gasteiger partial charge on any atom is -0.320 e. The molecule has 4 amide bonds. The maximum absolute atomic E-state index is 13.3. The molecule has 0 unspecified atom stereocenters. The number of imide groups is 1. The molecular formula is C21H22FN3O3. The van der Waals surface area contributed by atoms with Gasteiger partial charge in [-0.3, -0.25) is 14.5 Å². The van der Waals surface area contributed by atoms with Gasteiger partial charge in [-0.15, -0.1) is 0 Å². The number of hydrogen-bond acceptors (Lipinski definition) is 3. The zero-order valence-corrected chi connectivity index (χ0v) is 15.7. The Morgan fingerprint density at radius 3 is 2.36 bits per heavy atom. The van der Waals surface area contributed by atoms with Crippen LogP contribution >= 0.6 is 0 Å². The van der Waals surface area contributed by atoms with E-state index in [-0.39, 0.29) is 43.0 Å². The van der Waals surface area contributed by atoms with Gasteiger partial charge in [0.15, 0.2) is 0 Å². The van der Waals surface area contributed by atoms with Crippen LogP contribution in [0.25, 0.3) is 0 Å². The van der Waals surface area contributed by atoms with Gasteiger partial charge >= 0.3 is 6.03 Å². The zero-order chi connectivity index (χ0) is 20.1. The van der Waals surface area contributed by atoms with Crippen molar-refractivity contribution in [3.8, 4) is 0 Å². The largest absolute Gasteiger partial charge is 0.322 e. The van der Waals surface area contributed by atoms with E-state index in [4.69, 9.17) is 0 Å². The summed E-state index contributed by atoms with van der Waals surface area (Å²) in [5.74, 6) is -0.642. The van der Waals surface area contributed by atoms with Crippen molar-refractivity contribution in [2.45, 2.75) is 32.9 Å². The number of urea groups is 1. The molecule has 2 aromatic carbocycles. The third-order valence-corrected chi connectivity index (χ3v) is 4.63. The number of likely N-dealkylation sites (tertiary alicyclic amines) is 1. The van der Waals surface area contributed by atoms with E-state index in [2.05, 4.69) is 5.32 Å². The molecule has 1 N–H and O–H groups in total. The first-order valence-corrected chi connectivity index (χ1v) is 9.18. The van der Waals surface area contributed by atoms with Crippen LogP contribution in [-0.4, -0.2) is 34.2 Å². The molecule has 0 saturated carbocycles. The van der Waals surface area contributed by atoms with Gasteiger partial charge < -0.3 is 10.2 Å². The van der Waals surface area contributed by atoms with Crippen LogP contribution in [0.2, 0.25) is 0 Å². The van der Waals surface area contributed by atoms with Crippen LogP contribution in [0, 0.1) is 5.82 Å². The Hall–Kier alpha value is -3.22. The second-order valence-electron chi connectivity index (χ2n) is 6.64.